The van der Waals surface area contributed by atoms with Crippen LogP contribution < -0.4 is 16.0 Å². The van der Waals surface area contributed by atoms with Crippen LogP contribution in [0.4, 0.5) is 10.5 Å². The number of carbonyl (C=O) groups is 2. The molecule has 1 atom stereocenters. The Hall–Kier alpha value is -2.08. The van der Waals surface area contributed by atoms with Crippen molar-refractivity contribution in [3.8, 4) is 0 Å². The number of hydrogen-bond donors (Lipinski definition) is 2. The lowest BCUT2D eigenvalue weighted by Crippen LogP contribution is -2.51. The van der Waals surface area contributed by atoms with Crippen LogP contribution in [-0.4, -0.2) is 48.6 Å². The molecule has 0 saturated carbocycles. The van der Waals surface area contributed by atoms with Gasteiger partial charge in [-0.15, -0.1) is 0 Å². The molecular formula is C19H28N4O2. The molecule has 3 N–H and O–H groups in total. The van der Waals surface area contributed by atoms with Crippen LogP contribution in [0.25, 0.3) is 0 Å². The fraction of sp³-hybridized carbons (Fsp3) is 0.579. The van der Waals surface area contributed by atoms with Gasteiger partial charge in [0.2, 0.25) is 5.91 Å². The molecule has 0 aliphatic carbocycles. The molecule has 25 heavy (non-hydrogen) atoms. The van der Waals surface area contributed by atoms with Crippen molar-refractivity contribution in [3.63, 3.8) is 0 Å². The second-order valence-corrected chi connectivity index (χ2v) is 7.36. The Morgan fingerprint density at radius 2 is 1.68 bits per heavy atom. The number of amides is 3. The van der Waals surface area contributed by atoms with Gasteiger partial charge in [-0.05, 0) is 51.2 Å². The van der Waals surface area contributed by atoms with Crippen LogP contribution in [0.5, 0.6) is 0 Å². The van der Waals surface area contributed by atoms with Crippen LogP contribution in [0.1, 0.15) is 36.0 Å². The first-order valence-electron chi connectivity index (χ1n) is 9.06. The summed E-state index contributed by atoms with van der Waals surface area (Å²) >= 11 is 0. The van der Waals surface area contributed by atoms with Crippen molar-refractivity contribution in [1.29, 1.82) is 0 Å². The molecule has 0 aromatic heterocycles. The van der Waals surface area contributed by atoms with Crippen LogP contribution >= 0.6 is 0 Å². The Balaban J connectivity index is 1.68. The normalized spacial score (nSPS) is 22.4. The number of nitrogens with two attached hydrogens (primary N) is 1. The molecule has 2 aliphatic rings. The van der Waals surface area contributed by atoms with Crippen molar-refractivity contribution in [1.82, 2.24) is 10.2 Å². The van der Waals surface area contributed by atoms with E-state index in [0.717, 1.165) is 55.7 Å². The van der Waals surface area contributed by atoms with E-state index < -0.39 is 6.03 Å². The second kappa shape index (κ2) is 7.04. The number of urea groups is 1. The van der Waals surface area contributed by atoms with Crippen molar-refractivity contribution in [2.24, 2.45) is 5.73 Å². The van der Waals surface area contributed by atoms with Gasteiger partial charge in [-0.25, -0.2) is 4.79 Å². The average molecular weight is 344 g/mol. The first-order chi connectivity index (χ1) is 11.9. The summed E-state index contributed by atoms with van der Waals surface area (Å²) in [6, 6.07) is 3.90. The van der Waals surface area contributed by atoms with Gasteiger partial charge in [-0.2, -0.15) is 0 Å². The molecule has 3 amide bonds. The highest BCUT2D eigenvalue weighted by molar-refractivity contribution is 6.00. The van der Waals surface area contributed by atoms with E-state index in [9.17, 15) is 9.59 Å². The van der Waals surface area contributed by atoms with E-state index in [1.54, 1.807) is 0 Å². The number of likely N-dealkylation sites (tertiary alicyclic amines) is 1. The van der Waals surface area contributed by atoms with Gasteiger partial charge >= 0.3 is 6.03 Å². The van der Waals surface area contributed by atoms with Gasteiger partial charge in [-0.3, -0.25) is 9.69 Å². The van der Waals surface area contributed by atoms with Crippen LogP contribution in [0, 0.1) is 20.8 Å². The fourth-order valence-electron chi connectivity index (χ4n) is 4.38. The highest BCUT2D eigenvalue weighted by Crippen LogP contribution is 2.32. The maximum absolute atomic E-state index is 13.0. The number of nitrogens with zero attached hydrogens (tertiary/aromatic N) is 2. The van der Waals surface area contributed by atoms with Crippen LogP contribution in [0.15, 0.2) is 12.1 Å². The maximum Gasteiger partial charge on any atom is 0.312 e. The number of hydrogen-bond acceptors (Lipinski definition) is 3. The molecule has 2 aliphatic heterocycles. The largest absolute Gasteiger partial charge is 0.352 e. The first-order valence-corrected chi connectivity index (χ1v) is 9.06. The standard InChI is InChI=1S/C19H28N4O2/c1-12-10-13(2)17(14(3)11-12)23-9-6-16(18(23)24)22-7-4-15(5-8-22)21-19(20)25/h10-11,15-16H,4-9H2,1-3H3,(H3,20,21,25)/t16-/m1/s1. The summed E-state index contributed by atoms with van der Waals surface area (Å²) in [5, 5.41) is 2.78. The Labute approximate surface area is 149 Å². The zero-order valence-electron chi connectivity index (χ0n) is 15.3. The van der Waals surface area contributed by atoms with Gasteiger partial charge in [0, 0.05) is 31.4 Å². The average Bonchev–Trinajstić information content (AvgIpc) is 2.88. The first kappa shape index (κ1) is 17.7. The number of benzene rings is 1. The molecule has 6 heteroatoms. The Morgan fingerprint density at radius 1 is 1.08 bits per heavy atom. The SMILES string of the molecule is Cc1cc(C)c(N2CC[C@@H](N3CCC(NC(N)=O)CC3)C2=O)c(C)c1. The van der Waals surface area contributed by atoms with E-state index in [2.05, 4.69) is 43.1 Å². The monoisotopic (exact) mass is 344 g/mol. The summed E-state index contributed by atoms with van der Waals surface area (Å²) in [5.41, 5.74) is 9.83. The Bertz CT molecular complexity index is 657. The van der Waals surface area contributed by atoms with Crippen molar-refractivity contribution < 1.29 is 9.59 Å². The van der Waals surface area contributed by atoms with E-state index in [-0.39, 0.29) is 18.0 Å². The molecule has 1 aromatic carbocycles. The van der Waals surface area contributed by atoms with Gasteiger partial charge in [-0.1, -0.05) is 17.7 Å². The molecule has 2 saturated heterocycles. The van der Waals surface area contributed by atoms with E-state index in [1.807, 2.05) is 4.90 Å². The number of piperidine rings is 1. The summed E-state index contributed by atoms with van der Waals surface area (Å²) in [6.07, 6.45) is 2.55. The van der Waals surface area contributed by atoms with Gasteiger partial charge in [0.15, 0.2) is 0 Å². The molecule has 6 nitrogen and oxygen atoms in total. The predicted molar refractivity (Wildman–Crippen MR) is 98.7 cm³/mol. The molecule has 136 valence electrons. The molecule has 0 radical (unpaired) electrons. The van der Waals surface area contributed by atoms with Crippen LogP contribution in [-0.2, 0) is 4.79 Å². The van der Waals surface area contributed by atoms with E-state index in [4.69, 9.17) is 5.73 Å². The molecule has 2 heterocycles. The number of primary amides is 1. The molecule has 2 fully saturated rings. The Kier molecular flexibility index (Phi) is 4.99. The lowest BCUT2D eigenvalue weighted by molar-refractivity contribution is -0.122. The molecule has 0 unspecified atom stereocenters. The number of aryl methyl sites for hydroxylation is 3. The van der Waals surface area contributed by atoms with Gasteiger partial charge in [0.05, 0.1) is 6.04 Å². The van der Waals surface area contributed by atoms with Gasteiger partial charge in [0.1, 0.15) is 0 Å². The summed E-state index contributed by atoms with van der Waals surface area (Å²) in [5.74, 6) is 0.205. The third kappa shape index (κ3) is 3.63. The van der Waals surface area contributed by atoms with Crippen LogP contribution in [0.2, 0.25) is 0 Å². The summed E-state index contributed by atoms with van der Waals surface area (Å²) in [7, 11) is 0. The third-order valence-electron chi connectivity index (χ3n) is 5.40. The minimum Gasteiger partial charge on any atom is -0.352 e. The van der Waals surface area contributed by atoms with E-state index >= 15 is 0 Å². The number of nitrogens with one attached hydrogen (secondary N) is 1. The molecule has 0 bridgehead atoms. The highest BCUT2D eigenvalue weighted by atomic mass is 16.2. The zero-order chi connectivity index (χ0) is 18.1. The number of anilines is 1. The van der Waals surface area contributed by atoms with Crippen molar-refractivity contribution in [2.45, 2.75) is 52.1 Å². The van der Waals surface area contributed by atoms with Gasteiger partial charge < -0.3 is 16.0 Å². The molecule has 3 rings (SSSR count). The molecular weight excluding hydrogens is 316 g/mol. The quantitative estimate of drug-likeness (QED) is 0.878. The van der Waals surface area contributed by atoms with Crippen molar-refractivity contribution in [2.75, 3.05) is 24.5 Å². The number of rotatable bonds is 3. The van der Waals surface area contributed by atoms with E-state index in [0.29, 0.717) is 0 Å². The smallest absolute Gasteiger partial charge is 0.312 e. The van der Waals surface area contributed by atoms with Crippen molar-refractivity contribution >= 4 is 17.6 Å². The topological polar surface area (TPSA) is 78.7 Å². The van der Waals surface area contributed by atoms with E-state index in [1.165, 1.54) is 5.56 Å². The van der Waals surface area contributed by atoms with Crippen molar-refractivity contribution in [3.05, 3.63) is 28.8 Å². The summed E-state index contributed by atoms with van der Waals surface area (Å²) in [4.78, 5) is 28.3. The fourth-order valence-corrected chi connectivity index (χ4v) is 4.38. The number of carbonyl (C=O) groups excluding carboxylic acids is 2. The zero-order valence-corrected chi connectivity index (χ0v) is 15.3. The summed E-state index contributed by atoms with van der Waals surface area (Å²) < 4.78 is 0. The maximum atomic E-state index is 13.0. The highest BCUT2D eigenvalue weighted by Gasteiger charge is 2.38. The lowest BCUT2D eigenvalue weighted by Gasteiger charge is -2.35. The lowest BCUT2D eigenvalue weighted by atomic mass is 10.0. The minimum atomic E-state index is -0.466. The second-order valence-electron chi connectivity index (χ2n) is 7.36. The van der Waals surface area contributed by atoms with Gasteiger partial charge in [0.25, 0.3) is 0 Å². The molecule has 0 spiro atoms. The summed E-state index contributed by atoms with van der Waals surface area (Å²) in [6.45, 7) is 8.66. The molecule has 1 aromatic rings. The Morgan fingerprint density at radius 3 is 2.24 bits per heavy atom. The third-order valence-corrected chi connectivity index (χ3v) is 5.40. The minimum absolute atomic E-state index is 0.0466. The van der Waals surface area contributed by atoms with Crippen LogP contribution in [0.3, 0.4) is 0 Å². The predicted octanol–water partition coefficient (Wildman–Crippen LogP) is 1.85.